The molecule has 0 N–H and O–H groups in total. The number of hydrogen-bond acceptors (Lipinski definition) is 8. The van der Waals surface area contributed by atoms with E-state index in [4.69, 9.17) is 4.74 Å². The average Bonchev–Trinajstić information content (AvgIpc) is 3.39. The Morgan fingerprint density at radius 3 is 2.96 bits per heavy atom. The summed E-state index contributed by atoms with van der Waals surface area (Å²) in [5.74, 6) is 0.305. The Hall–Kier alpha value is -2.47. The fraction of sp³-hybridized carbons (Fsp3) is 0.500. The third kappa shape index (κ3) is 3.79. The first kappa shape index (κ1) is 17.4. The molecule has 1 fully saturated rings. The van der Waals surface area contributed by atoms with Crippen LogP contribution in [0.4, 0.5) is 0 Å². The maximum Gasteiger partial charge on any atom is 0.340 e. The van der Waals surface area contributed by atoms with Gasteiger partial charge in [0.05, 0.1) is 11.1 Å². The Morgan fingerprint density at radius 1 is 1.52 bits per heavy atom. The number of nitrogens with zero attached hydrogens (tertiary/aromatic N) is 6. The van der Waals surface area contributed by atoms with Crippen molar-refractivity contribution in [3.8, 4) is 6.07 Å². The van der Waals surface area contributed by atoms with Crippen molar-refractivity contribution in [1.82, 2.24) is 25.2 Å². The number of tetrazole rings is 1. The molecule has 0 radical (unpaired) electrons. The van der Waals surface area contributed by atoms with Gasteiger partial charge in [-0.1, -0.05) is 6.92 Å². The van der Waals surface area contributed by atoms with Crippen molar-refractivity contribution in [3.05, 3.63) is 28.7 Å². The van der Waals surface area contributed by atoms with E-state index < -0.39 is 5.97 Å². The molecular formula is C16H18N6O2S. The lowest BCUT2D eigenvalue weighted by molar-refractivity contribution is 0.0455. The largest absolute Gasteiger partial charge is 0.454 e. The van der Waals surface area contributed by atoms with Gasteiger partial charge in [-0.05, 0) is 42.0 Å². The zero-order chi connectivity index (χ0) is 17.8. The van der Waals surface area contributed by atoms with Crippen LogP contribution in [0.3, 0.4) is 0 Å². The smallest absolute Gasteiger partial charge is 0.340 e. The van der Waals surface area contributed by atoms with E-state index in [2.05, 4.69) is 26.6 Å². The van der Waals surface area contributed by atoms with Crippen LogP contribution in [0.1, 0.15) is 59.5 Å². The van der Waals surface area contributed by atoms with E-state index in [1.807, 2.05) is 13.2 Å². The maximum atomic E-state index is 12.6. The lowest BCUT2D eigenvalue weighted by atomic mass is 10.1. The number of rotatable bonds is 7. The minimum absolute atomic E-state index is 0.0353. The summed E-state index contributed by atoms with van der Waals surface area (Å²) in [5, 5.41) is 21.3. The third-order valence-electron chi connectivity index (χ3n) is 3.90. The van der Waals surface area contributed by atoms with Gasteiger partial charge in [-0.15, -0.1) is 16.9 Å². The van der Waals surface area contributed by atoms with E-state index in [1.54, 1.807) is 10.7 Å². The summed E-state index contributed by atoms with van der Waals surface area (Å²) in [7, 11) is 0. The van der Waals surface area contributed by atoms with Gasteiger partial charge in [0.2, 0.25) is 0 Å². The number of nitriles is 1. The number of thioether (sulfide) groups is 1. The second kappa shape index (κ2) is 7.61. The first-order valence-electron chi connectivity index (χ1n) is 8.09. The molecule has 8 nitrogen and oxygen atoms in total. The number of carbonyl (C=O) groups excluding carboxylic acids is 1. The highest BCUT2D eigenvalue weighted by molar-refractivity contribution is 7.98. The second-order valence-electron chi connectivity index (χ2n) is 5.76. The summed E-state index contributed by atoms with van der Waals surface area (Å²) in [6, 6.07) is 3.77. The predicted molar refractivity (Wildman–Crippen MR) is 89.9 cm³/mol. The number of hydrogen-bond donors (Lipinski definition) is 0. The van der Waals surface area contributed by atoms with Gasteiger partial charge in [0, 0.05) is 18.2 Å². The Labute approximate surface area is 149 Å². The summed E-state index contributed by atoms with van der Waals surface area (Å²) in [5.41, 5.74) is 1.37. The van der Waals surface area contributed by atoms with Crippen molar-refractivity contribution >= 4 is 17.7 Å². The molecule has 3 rings (SSSR count). The van der Waals surface area contributed by atoms with Gasteiger partial charge in [0.15, 0.2) is 12.4 Å². The predicted octanol–water partition coefficient (Wildman–Crippen LogP) is 2.31. The van der Waals surface area contributed by atoms with Crippen molar-refractivity contribution in [1.29, 1.82) is 5.26 Å². The van der Waals surface area contributed by atoms with Crippen LogP contribution >= 0.6 is 11.8 Å². The standard InChI is InChI=1S/C16H18N6O2S/c1-3-6-22-14(19-20-21-22)9-24-16(23)11-7-13(10-4-5-10)18-15(25-2)12(11)8-17/h7,10H,3-6,9H2,1-2H3. The molecule has 0 atom stereocenters. The molecule has 0 amide bonds. The molecule has 2 aromatic rings. The molecule has 1 aliphatic carbocycles. The van der Waals surface area contributed by atoms with Crippen molar-refractivity contribution < 1.29 is 9.53 Å². The summed E-state index contributed by atoms with van der Waals surface area (Å²) in [6.07, 6.45) is 4.84. The first-order chi connectivity index (χ1) is 12.2. The maximum absolute atomic E-state index is 12.6. The summed E-state index contributed by atoms with van der Waals surface area (Å²) in [6.45, 7) is 2.63. The van der Waals surface area contributed by atoms with Gasteiger partial charge in [-0.25, -0.2) is 14.5 Å². The van der Waals surface area contributed by atoms with Crippen LogP contribution < -0.4 is 0 Å². The lowest BCUT2D eigenvalue weighted by Gasteiger charge is -2.10. The molecule has 25 heavy (non-hydrogen) atoms. The van der Waals surface area contributed by atoms with E-state index in [-0.39, 0.29) is 17.7 Å². The molecule has 9 heteroatoms. The van der Waals surface area contributed by atoms with E-state index in [0.717, 1.165) is 25.0 Å². The number of pyridine rings is 1. The van der Waals surface area contributed by atoms with Crippen LogP contribution in [0.5, 0.6) is 0 Å². The molecule has 1 aliphatic rings. The molecular weight excluding hydrogens is 340 g/mol. The summed E-state index contributed by atoms with van der Waals surface area (Å²) < 4.78 is 6.97. The zero-order valence-corrected chi connectivity index (χ0v) is 14.9. The highest BCUT2D eigenvalue weighted by Crippen LogP contribution is 2.40. The Balaban J connectivity index is 1.82. The van der Waals surface area contributed by atoms with E-state index in [9.17, 15) is 10.1 Å². The van der Waals surface area contributed by atoms with Crippen molar-refractivity contribution in [2.45, 2.75) is 50.3 Å². The molecule has 0 aromatic carbocycles. The van der Waals surface area contributed by atoms with Crippen LogP contribution in [-0.2, 0) is 17.9 Å². The molecule has 2 aromatic heterocycles. The molecule has 1 saturated carbocycles. The molecule has 0 bridgehead atoms. The number of aryl methyl sites for hydroxylation is 1. The normalized spacial score (nSPS) is 13.5. The van der Waals surface area contributed by atoms with Crippen molar-refractivity contribution in [3.63, 3.8) is 0 Å². The topological polar surface area (TPSA) is 107 Å². The molecule has 130 valence electrons. The van der Waals surface area contributed by atoms with Crippen molar-refractivity contribution in [2.24, 2.45) is 0 Å². The highest BCUT2D eigenvalue weighted by atomic mass is 32.2. The van der Waals surface area contributed by atoms with Crippen molar-refractivity contribution in [2.75, 3.05) is 6.26 Å². The highest BCUT2D eigenvalue weighted by Gasteiger charge is 2.29. The van der Waals surface area contributed by atoms with E-state index in [1.165, 1.54) is 11.8 Å². The minimum Gasteiger partial charge on any atom is -0.454 e. The molecule has 0 unspecified atom stereocenters. The Kier molecular flexibility index (Phi) is 5.28. The van der Waals surface area contributed by atoms with Gasteiger partial charge >= 0.3 is 5.97 Å². The first-order valence-corrected chi connectivity index (χ1v) is 9.31. The zero-order valence-electron chi connectivity index (χ0n) is 14.1. The number of ether oxygens (including phenoxy) is 1. The van der Waals surface area contributed by atoms with Gasteiger partial charge in [-0.2, -0.15) is 5.26 Å². The van der Waals surface area contributed by atoms with Crippen LogP contribution in [0.25, 0.3) is 0 Å². The van der Waals surface area contributed by atoms with E-state index in [0.29, 0.717) is 23.3 Å². The fourth-order valence-corrected chi connectivity index (χ4v) is 3.02. The second-order valence-corrected chi connectivity index (χ2v) is 6.55. The average molecular weight is 358 g/mol. The van der Waals surface area contributed by atoms with Gasteiger partial charge in [-0.3, -0.25) is 0 Å². The summed E-state index contributed by atoms with van der Waals surface area (Å²) in [4.78, 5) is 17.1. The monoisotopic (exact) mass is 358 g/mol. The van der Waals surface area contributed by atoms with Crippen LogP contribution in [0.2, 0.25) is 0 Å². The van der Waals surface area contributed by atoms with Gasteiger partial charge < -0.3 is 4.74 Å². The quantitative estimate of drug-likeness (QED) is 0.548. The van der Waals surface area contributed by atoms with Crippen LogP contribution in [-0.4, -0.2) is 37.4 Å². The molecule has 0 spiro atoms. The van der Waals surface area contributed by atoms with Crippen LogP contribution in [0, 0.1) is 11.3 Å². The summed E-state index contributed by atoms with van der Waals surface area (Å²) >= 11 is 1.36. The van der Waals surface area contributed by atoms with Crippen LogP contribution in [0.15, 0.2) is 11.1 Å². The number of carbonyl (C=O) groups is 1. The molecule has 2 heterocycles. The number of aromatic nitrogens is 5. The molecule has 0 aliphatic heterocycles. The van der Waals surface area contributed by atoms with Gasteiger partial charge in [0.1, 0.15) is 11.1 Å². The Bertz CT molecular complexity index is 825. The molecule has 0 saturated heterocycles. The minimum atomic E-state index is -0.554. The Morgan fingerprint density at radius 2 is 2.32 bits per heavy atom. The van der Waals surface area contributed by atoms with E-state index >= 15 is 0 Å². The number of esters is 1. The lowest BCUT2D eigenvalue weighted by Crippen LogP contribution is -2.13. The van der Waals surface area contributed by atoms with Gasteiger partial charge in [0.25, 0.3) is 0 Å². The third-order valence-corrected chi connectivity index (χ3v) is 4.58. The fourth-order valence-electron chi connectivity index (χ4n) is 2.47. The SMILES string of the molecule is CCCn1nnnc1COC(=O)c1cc(C2CC2)nc(SC)c1C#N.